The van der Waals surface area contributed by atoms with Gasteiger partial charge in [0.15, 0.2) is 5.65 Å². The predicted molar refractivity (Wildman–Crippen MR) is 185 cm³/mol. The molecule has 0 spiro atoms. The van der Waals surface area contributed by atoms with Gasteiger partial charge in [0.25, 0.3) is 10.0 Å². The van der Waals surface area contributed by atoms with Crippen LogP contribution in [-0.2, 0) is 16.6 Å². The van der Waals surface area contributed by atoms with Gasteiger partial charge in [0.1, 0.15) is 5.82 Å². The quantitative estimate of drug-likeness (QED) is 0.193. The molecule has 0 saturated carbocycles. The molecule has 0 amide bonds. The second kappa shape index (κ2) is 12.1. The number of piperazine rings is 1. The van der Waals surface area contributed by atoms with E-state index in [4.69, 9.17) is 10.1 Å². The lowest BCUT2D eigenvalue weighted by Crippen LogP contribution is -2.44. The van der Waals surface area contributed by atoms with E-state index >= 15 is 0 Å². The van der Waals surface area contributed by atoms with Gasteiger partial charge >= 0.3 is 0 Å². The molecule has 3 aromatic carbocycles. The van der Waals surface area contributed by atoms with Gasteiger partial charge in [0.05, 0.1) is 17.1 Å². The lowest BCUT2D eigenvalue weighted by Gasteiger charge is -2.34. The molecule has 0 N–H and O–H groups in total. The van der Waals surface area contributed by atoms with Gasteiger partial charge < -0.3 is 9.80 Å². The van der Waals surface area contributed by atoms with Crippen LogP contribution in [0.3, 0.4) is 0 Å². The number of likely N-dealkylation sites (N-methyl/N-ethyl adjacent to an activating group) is 1. The lowest BCUT2D eigenvalue weighted by atomic mass is 10.0. The van der Waals surface area contributed by atoms with Crippen LogP contribution >= 0.6 is 0 Å². The number of aryl methyl sites for hydroxylation is 2. The summed E-state index contributed by atoms with van der Waals surface area (Å²) in [7, 11) is -1.82. The van der Waals surface area contributed by atoms with E-state index in [0.29, 0.717) is 17.6 Å². The van der Waals surface area contributed by atoms with Crippen molar-refractivity contribution in [3.8, 4) is 22.3 Å². The van der Waals surface area contributed by atoms with Gasteiger partial charge in [-0.1, -0.05) is 42.0 Å². The molecule has 1 fully saturated rings. The normalized spacial score (nSPS) is 14.3. The fraction of sp³-hybridized carbons (Fsp3) is 0.243. The molecule has 8 nitrogen and oxygen atoms in total. The van der Waals surface area contributed by atoms with Crippen LogP contribution in [-0.4, -0.2) is 65.3 Å². The van der Waals surface area contributed by atoms with Gasteiger partial charge in [0, 0.05) is 72.0 Å². The van der Waals surface area contributed by atoms with Crippen LogP contribution in [0, 0.1) is 26.6 Å². The third-order valence-corrected chi connectivity index (χ3v) is 10.8. The number of nitrogens with zero attached hydrogens (tertiary/aromatic N) is 6. The number of hydrogen-bond donors (Lipinski definition) is 0. The number of rotatable bonds is 7. The smallest absolute Gasteiger partial charge is 0.269 e. The Morgan fingerprint density at radius 1 is 0.851 bits per heavy atom. The molecule has 7 rings (SSSR count). The van der Waals surface area contributed by atoms with Gasteiger partial charge in [-0.2, -0.15) is 5.10 Å². The summed E-state index contributed by atoms with van der Waals surface area (Å²) in [5.41, 5.74) is 8.31. The maximum Gasteiger partial charge on any atom is 0.269 e. The topological polar surface area (TPSA) is 76.3 Å². The Kier molecular flexibility index (Phi) is 7.93. The third-order valence-electron chi connectivity index (χ3n) is 9.13. The average molecular weight is 649 g/mol. The molecule has 10 heteroatoms. The molecule has 1 aliphatic heterocycles. The van der Waals surface area contributed by atoms with Crippen LogP contribution in [0.2, 0.25) is 0 Å². The molecule has 0 unspecified atom stereocenters. The first-order valence-corrected chi connectivity index (χ1v) is 17.2. The van der Waals surface area contributed by atoms with Crippen molar-refractivity contribution in [2.24, 2.45) is 0 Å². The van der Waals surface area contributed by atoms with E-state index in [9.17, 15) is 12.8 Å². The summed E-state index contributed by atoms with van der Waals surface area (Å²) in [6.07, 6.45) is 3.40. The zero-order valence-electron chi connectivity index (χ0n) is 27.0. The van der Waals surface area contributed by atoms with E-state index < -0.39 is 10.0 Å². The fourth-order valence-electron chi connectivity index (χ4n) is 6.42. The Balaban J connectivity index is 1.35. The molecular weight excluding hydrogens is 612 g/mol. The molecule has 1 aliphatic rings. The molecule has 0 atom stereocenters. The first-order chi connectivity index (χ1) is 22.6. The van der Waals surface area contributed by atoms with Gasteiger partial charge in [-0.25, -0.2) is 21.8 Å². The van der Waals surface area contributed by atoms with Crippen molar-refractivity contribution >= 4 is 26.7 Å². The van der Waals surface area contributed by atoms with Crippen molar-refractivity contribution in [2.45, 2.75) is 32.2 Å². The number of pyridine rings is 1. The van der Waals surface area contributed by atoms with Gasteiger partial charge in [-0.3, -0.25) is 4.68 Å². The molecule has 0 bridgehead atoms. The standard InChI is InChI=1S/C37H37FN6O2S/c1-25-8-14-33(15-9-25)47(45,46)44-24-35(36-26(2)40-43(27(36)3)23-28-6-5-7-31(38)20-28)34-21-30(22-39-37(34)44)29-10-12-32(13-11-29)42-18-16-41(4)17-19-42/h5-15,20-22,24H,16-19,23H2,1-4H3. The summed E-state index contributed by atoms with van der Waals surface area (Å²) in [4.78, 5) is 9.70. The predicted octanol–water partition coefficient (Wildman–Crippen LogP) is 6.67. The van der Waals surface area contributed by atoms with Crippen LogP contribution in [0.4, 0.5) is 10.1 Å². The fourth-order valence-corrected chi connectivity index (χ4v) is 7.75. The van der Waals surface area contributed by atoms with Gasteiger partial charge in [-0.05, 0) is 81.4 Å². The van der Waals surface area contributed by atoms with Crippen molar-refractivity contribution < 1.29 is 12.8 Å². The number of benzene rings is 3. The average Bonchev–Trinajstić information content (AvgIpc) is 3.57. The summed E-state index contributed by atoms with van der Waals surface area (Å²) in [5, 5.41) is 5.51. The molecule has 240 valence electrons. The maximum atomic E-state index is 14.1. The molecule has 47 heavy (non-hydrogen) atoms. The van der Waals surface area contributed by atoms with E-state index in [-0.39, 0.29) is 10.7 Å². The van der Waals surface area contributed by atoms with Gasteiger partial charge in [0.2, 0.25) is 0 Å². The number of fused-ring (bicyclic) bond motifs is 1. The second-order valence-corrected chi connectivity index (χ2v) is 14.2. The molecule has 4 heterocycles. The minimum Gasteiger partial charge on any atom is -0.369 e. The largest absolute Gasteiger partial charge is 0.369 e. The Morgan fingerprint density at radius 3 is 2.28 bits per heavy atom. The van der Waals surface area contributed by atoms with Crippen molar-refractivity contribution in [3.63, 3.8) is 0 Å². The number of aromatic nitrogens is 4. The van der Waals surface area contributed by atoms with Crippen LogP contribution in [0.5, 0.6) is 0 Å². The number of halogens is 1. The minimum absolute atomic E-state index is 0.187. The molecular formula is C37H37FN6O2S. The van der Waals surface area contributed by atoms with E-state index in [1.807, 2.05) is 37.6 Å². The van der Waals surface area contributed by atoms with E-state index in [1.165, 1.54) is 21.8 Å². The Labute approximate surface area is 274 Å². The number of hydrogen-bond acceptors (Lipinski definition) is 6. The summed E-state index contributed by atoms with van der Waals surface area (Å²) in [6, 6.07) is 23.8. The third kappa shape index (κ3) is 5.83. The summed E-state index contributed by atoms with van der Waals surface area (Å²) in [5.74, 6) is -0.302. The van der Waals surface area contributed by atoms with E-state index in [0.717, 1.165) is 70.9 Å². The van der Waals surface area contributed by atoms with Crippen LogP contribution in [0.25, 0.3) is 33.3 Å². The van der Waals surface area contributed by atoms with Crippen molar-refractivity contribution in [2.75, 3.05) is 38.1 Å². The second-order valence-electron chi connectivity index (χ2n) is 12.4. The first-order valence-electron chi connectivity index (χ1n) is 15.7. The first kappa shape index (κ1) is 30.8. The monoisotopic (exact) mass is 648 g/mol. The summed E-state index contributed by atoms with van der Waals surface area (Å²) in [6.45, 7) is 10.2. The molecule has 6 aromatic rings. The van der Waals surface area contributed by atoms with Crippen LogP contribution < -0.4 is 4.90 Å². The summed E-state index contributed by atoms with van der Waals surface area (Å²) < 4.78 is 45.2. The van der Waals surface area contributed by atoms with E-state index in [1.54, 1.807) is 42.7 Å². The minimum atomic E-state index is -3.96. The molecule has 1 saturated heterocycles. The highest BCUT2D eigenvalue weighted by molar-refractivity contribution is 7.90. The zero-order valence-corrected chi connectivity index (χ0v) is 27.8. The van der Waals surface area contributed by atoms with Crippen molar-refractivity contribution in [1.29, 1.82) is 0 Å². The maximum absolute atomic E-state index is 14.1. The molecule has 0 radical (unpaired) electrons. The van der Waals surface area contributed by atoms with Crippen LogP contribution in [0.1, 0.15) is 22.5 Å². The Morgan fingerprint density at radius 2 is 1.57 bits per heavy atom. The van der Waals surface area contributed by atoms with Crippen molar-refractivity contribution in [1.82, 2.24) is 23.6 Å². The zero-order chi connectivity index (χ0) is 32.9. The summed E-state index contributed by atoms with van der Waals surface area (Å²) >= 11 is 0. The molecule has 0 aliphatic carbocycles. The lowest BCUT2D eigenvalue weighted by molar-refractivity contribution is 0.313. The van der Waals surface area contributed by atoms with Crippen molar-refractivity contribution in [3.05, 3.63) is 120 Å². The highest BCUT2D eigenvalue weighted by Gasteiger charge is 2.26. The van der Waals surface area contributed by atoms with E-state index in [2.05, 4.69) is 41.1 Å². The highest BCUT2D eigenvalue weighted by atomic mass is 32.2. The van der Waals surface area contributed by atoms with Gasteiger partial charge in [-0.15, -0.1) is 0 Å². The highest BCUT2D eigenvalue weighted by Crippen LogP contribution is 2.38. The molecule has 3 aromatic heterocycles. The number of anilines is 1. The Bertz CT molecular complexity index is 2200. The SMILES string of the molecule is Cc1ccc(S(=O)(=O)n2cc(-c3c(C)nn(Cc4cccc(F)c4)c3C)c3cc(-c4ccc(N5CCN(C)CC5)cc4)cnc32)cc1. The van der Waals surface area contributed by atoms with Crippen LogP contribution in [0.15, 0.2) is 96.2 Å². The Hall–Kier alpha value is -4.80.